The van der Waals surface area contributed by atoms with Gasteiger partial charge in [0, 0.05) is 23.3 Å². The molecule has 4 N–H and O–H groups in total. The number of carbonyl (C=O) groups is 1. The van der Waals surface area contributed by atoms with E-state index in [1.54, 1.807) is 24.3 Å². The normalized spacial score (nSPS) is 10.8. The summed E-state index contributed by atoms with van der Waals surface area (Å²) in [6.45, 7) is 4.04. The molecule has 1 amide bonds. The van der Waals surface area contributed by atoms with E-state index in [0.29, 0.717) is 11.4 Å². The van der Waals surface area contributed by atoms with Crippen LogP contribution in [-0.4, -0.2) is 5.91 Å². The van der Waals surface area contributed by atoms with Gasteiger partial charge in [-0.2, -0.15) is 5.26 Å². The van der Waals surface area contributed by atoms with Crippen molar-refractivity contribution in [2.45, 2.75) is 20.3 Å². The number of nitrogens with zero attached hydrogens (tertiary/aromatic N) is 1. The molecule has 0 atom stereocenters. The number of aryl methyl sites for hydroxylation is 2. The lowest BCUT2D eigenvalue weighted by atomic mass is 10.1. The number of rotatable bonds is 5. The molecule has 0 unspecified atom stereocenters. The van der Waals surface area contributed by atoms with Gasteiger partial charge in [0.15, 0.2) is 0 Å². The number of nitrogens with two attached hydrogens (primary N) is 1. The molecule has 24 heavy (non-hydrogen) atoms. The van der Waals surface area contributed by atoms with Crippen molar-refractivity contribution in [3.8, 4) is 6.07 Å². The number of hydrogen-bond donors (Lipinski definition) is 3. The van der Waals surface area contributed by atoms with Crippen LogP contribution in [0.25, 0.3) is 0 Å². The topological polar surface area (TPSA) is 90.9 Å². The van der Waals surface area contributed by atoms with Gasteiger partial charge >= 0.3 is 0 Å². The standard InChI is InChI=1S/C19H20N4O/c1-3-14-6-4-5-13(2)18(14)22-12-15(11-20)19(24)23-17-9-7-16(21)8-10-17/h4-10,12,22H,3,21H2,1-2H3,(H,23,24)/b15-12-. The van der Waals surface area contributed by atoms with Crippen molar-refractivity contribution in [2.75, 3.05) is 16.4 Å². The molecule has 2 aromatic rings. The van der Waals surface area contributed by atoms with Crippen molar-refractivity contribution in [1.29, 1.82) is 5.26 Å². The summed E-state index contributed by atoms with van der Waals surface area (Å²) in [4.78, 5) is 12.2. The first-order chi connectivity index (χ1) is 11.5. The van der Waals surface area contributed by atoms with E-state index in [-0.39, 0.29) is 5.57 Å². The van der Waals surface area contributed by atoms with Gasteiger partial charge in [0.05, 0.1) is 0 Å². The lowest BCUT2D eigenvalue weighted by Gasteiger charge is -2.11. The summed E-state index contributed by atoms with van der Waals surface area (Å²) < 4.78 is 0. The van der Waals surface area contributed by atoms with Gasteiger partial charge in [0.2, 0.25) is 0 Å². The molecule has 122 valence electrons. The maximum Gasteiger partial charge on any atom is 0.267 e. The summed E-state index contributed by atoms with van der Waals surface area (Å²) in [5.74, 6) is -0.471. The Morgan fingerprint density at radius 3 is 2.58 bits per heavy atom. The maximum atomic E-state index is 12.2. The van der Waals surface area contributed by atoms with E-state index < -0.39 is 5.91 Å². The van der Waals surface area contributed by atoms with E-state index in [1.165, 1.54) is 6.20 Å². The number of amides is 1. The predicted octanol–water partition coefficient (Wildman–Crippen LogP) is 3.60. The summed E-state index contributed by atoms with van der Waals surface area (Å²) in [6.07, 6.45) is 2.30. The number of nitriles is 1. The monoisotopic (exact) mass is 320 g/mol. The van der Waals surface area contributed by atoms with Gasteiger partial charge in [0.25, 0.3) is 5.91 Å². The highest BCUT2D eigenvalue weighted by Gasteiger charge is 2.10. The third kappa shape index (κ3) is 4.14. The van der Waals surface area contributed by atoms with E-state index >= 15 is 0 Å². The van der Waals surface area contributed by atoms with Crippen molar-refractivity contribution < 1.29 is 4.79 Å². The van der Waals surface area contributed by atoms with Gasteiger partial charge in [-0.05, 0) is 48.7 Å². The Morgan fingerprint density at radius 1 is 1.25 bits per heavy atom. The van der Waals surface area contributed by atoms with E-state index in [4.69, 9.17) is 5.73 Å². The second-order valence-electron chi connectivity index (χ2n) is 5.35. The Labute approximate surface area is 141 Å². The number of nitrogens with one attached hydrogen (secondary N) is 2. The summed E-state index contributed by atoms with van der Waals surface area (Å²) in [5.41, 5.74) is 9.91. The van der Waals surface area contributed by atoms with Gasteiger partial charge in [-0.25, -0.2) is 0 Å². The first-order valence-electron chi connectivity index (χ1n) is 7.67. The summed E-state index contributed by atoms with van der Waals surface area (Å²) in [6, 6.07) is 14.7. The van der Waals surface area contributed by atoms with Crippen molar-refractivity contribution >= 4 is 23.0 Å². The van der Waals surface area contributed by atoms with E-state index in [0.717, 1.165) is 23.2 Å². The fraction of sp³-hybridized carbons (Fsp3) is 0.158. The zero-order valence-electron chi connectivity index (χ0n) is 13.8. The molecule has 0 bridgehead atoms. The van der Waals surface area contributed by atoms with Crippen molar-refractivity contribution in [1.82, 2.24) is 0 Å². The summed E-state index contributed by atoms with van der Waals surface area (Å²) >= 11 is 0. The fourth-order valence-electron chi connectivity index (χ4n) is 2.29. The van der Waals surface area contributed by atoms with Crippen LogP contribution in [0.1, 0.15) is 18.1 Å². The second kappa shape index (κ2) is 7.84. The number of anilines is 3. The SMILES string of the molecule is CCc1cccc(C)c1N/C=C(/C#N)C(=O)Nc1ccc(N)cc1. The minimum absolute atomic E-state index is 0.00266. The largest absolute Gasteiger partial charge is 0.399 e. The third-order valence-corrected chi connectivity index (χ3v) is 3.63. The highest BCUT2D eigenvalue weighted by atomic mass is 16.1. The zero-order valence-corrected chi connectivity index (χ0v) is 13.8. The highest BCUT2D eigenvalue weighted by molar-refractivity contribution is 6.06. The molecule has 2 aromatic carbocycles. The average molecular weight is 320 g/mol. The Bertz CT molecular complexity index is 801. The predicted molar refractivity (Wildman–Crippen MR) is 97.4 cm³/mol. The van der Waals surface area contributed by atoms with Crippen LogP contribution < -0.4 is 16.4 Å². The summed E-state index contributed by atoms with van der Waals surface area (Å²) in [7, 11) is 0. The van der Waals surface area contributed by atoms with Crippen molar-refractivity contribution in [2.24, 2.45) is 0 Å². The lowest BCUT2D eigenvalue weighted by molar-refractivity contribution is -0.112. The minimum atomic E-state index is -0.471. The highest BCUT2D eigenvalue weighted by Crippen LogP contribution is 2.21. The zero-order chi connectivity index (χ0) is 17.5. The van der Waals surface area contributed by atoms with Gasteiger partial charge in [-0.1, -0.05) is 25.1 Å². The molecule has 0 aliphatic carbocycles. The quantitative estimate of drug-likeness (QED) is 0.446. The first kappa shape index (κ1) is 17.1. The molecule has 0 heterocycles. The molecule has 0 saturated carbocycles. The van der Waals surface area contributed by atoms with Crippen LogP contribution in [0.2, 0.25) is 0 Å². The third-order valence-electron chi connectivity index (χ3n) is 3.63. The molecule has 0 spiro atoms. The minimum Gasteiger partial charge on any atom is -0.399 e. The maximum absolute atomic E-state index is 12.2. The van der Waals surface area contributed by atoms with Crippen LogP contribution in [0, 0.1) is 18.3 Å². The molecule has 0 fully saturated rings. The first-order valence-corrected chi connectivity index (χ1v) is 7.67. The van der Waals surface area contributed by atoms with Crippen LogP contribution in [0.4, 0.5) is 17.1 Å². The lowest BCUT2D eigenvalue weighted by Crippen LogP contribution is -2.14. The number of hydrogen-bond acceptors (Lipinski definition) is 4. The van der Waals surface area contributed by atoms with Gasteiger partial charge in [-0.3, -0.25) is 4.79 Å². The molecule has 0 radical (unpaired) electrons. The molecule has 0 aliphatic heterocycles. The Kier molecular flexibility index (Phi) is 5.58. The van der Waals surface area contributed by atoms with Crippen LogP contribution in [0.15, 0.2) is 54.2 Å². The molecule has 2 rings (SSSR count). The molecule has 0 aliphatic rings. The number of para-hydroxylation sites is 1. The van der Waals surface area contributed by atoms with E-state index in [2.05, 4.69) is 17.6 Å². The molecule has 5 nitrogen and oxygen atoms in total. The summed E-state index contributed by atoms with van der Waals surface area (Å²) in [5, 5.41) is 15.0. The Balaban J connectivity index is 2.16. The van der Waals surface area contributed by atoms with Crippen molar-refractivity contribution in [3.63, 3.8) is 0 Å². The smallest absolute Gasteiger partial charge is 0.267 e. The van der Waals surface area contributed by atoms with Crippen molar-refractivity contribution in [3.05, 3.63) is 65.4 Å². The van der Waals surface area contributed by atoms with Crippen LogP contribution in [-0.2, 0) is 11.2 Å². The van der Waals surface area contributed by atoms with E-state index in [1.807, 2.05) is 31.2 Å². The molecule has 0 saturated heterocycles. The average Bonchev–Trinajstić information content (AvgIpc) is 2.58. The molecular formula is C19H20N4O. The molecule has 0 aromatic heterocycles. The fourth-order valence-corrected chi connectivity index (χ4v) is 2.29. The molecular weight excluding hydrogens is 300 g/mol. The van der Waals surface area contributed by atoms with E-state index in [9.17, 15) is 10.1 Å². The number of nitrogen functional groups attached to an aromatic ring is 1. The number of benzene rings is 2. The van der Waals surface area contributed by atoms with Gasteiger partial charge < -0.3 is 16.4 Å². The Hall–Kier alpha value is -3.26. The van der Waals surface area contributed by atoms with Crippen LogP contribution in [0.5, 0.6) is 0 Å². The molecule has 5 heteroatoms. The Morgan fingerprint density at radius 2 is 1.96 bits per heavy atom. The number of carbonyl (C=O) groups excluding carboxylic acids is 1. The van der Waals surface area contributed by atoms with Gasteiger partial charge in [0.1, 0.15) is 11.6 Å². The van der Waals surface area contributed by atoms with Crippen LogP contribution in [0.3, 0.4) is 0 Å². The second-order valence-corrected chi connectivity index (χ2v) is 5.35. The van der Waals surface area contributed by atoms with Crippen LogP contribution >= 0.6 is 0 Å². The van der Waals surface area contributed by atoms with Gasteiger partial charge in [-0.15, -0.1) is 0 Å².